The summed E-state index contributed by atoms with van der Waals surface area (Å²) in [6, 6.07) is 5.24. The summed E-state index contributed by atoms with van der Waals surface area (Å²) in [5, 5.41) is 0. The normalized spacial score (nSPS) is 9.38. The van der Waals surface area contributed by atoms with Gasteiger partial charge in [0.15, 0.2) is 0 Å². The van der Waals surface area contributed by atoms with E-state index < -0.39 is 0 Å². The molecule has 0 saturated carbocycles. The first-order valence-corrected chi connectivity index (χ1v) is 3.96. The van der Waals surface area contributed by atoms with Crippen LogP contribution < -0.4 is 14.9 Å². The molecule has 0 aliphatic carbocycles. The van der Waals surface area contributed by atoms with Crippen LogP contribution in [0.2, 0.25) is 0 Å². The highest BCUT2D eigenvalue weighted by Gasteiger charge is 2.01. The van der Waals surface area contributed by atoms with Gasteiger partial charge >= 0.3 is 5.97 Å². The van der Waals surface area contributed by atoms with E-state index in [1.807, 2.05) is 7.85 Å². The molecule has 13 heavy (non-hydrogen) atoms. The van der Waals surface area contributed by atoms with Gasteiger partial charge in [-0.3, -0.25) is 4.79 Å². The molecule has 0 saturated heterocycles. The number of methoxy groups -OCH3 is 1. The van der Waals surface area contributed by atoms with Crippen molar-refractivity contribution in [2.45, 2.75) is 6.92 Å². The van der Waals surface area contributed by atoms with Crippen LogP contribution in [0, 0.1) is 0 Å². The predicted molar refractivity (Wildman–Crippen MR) is 52.5 cm³/mol. The molecule has 0 bridgehead atoms. The summed E-state index contributed by atoms with van der Waals surface area (Å²) >= 11 is 0. The first-order chi connectivity index (χ1) is 6.13. The van der Waals surface area contributed by atoms with E-state index in [9.17, 15) is 4.79 Å². The number of esters is 1. The van der Waals surface area contributed by atoms with Crippen molar-refractivity contribution in [1.29, 1.82) is 0 Å². The molecule has 0 aliphatic heterocycles. The van der Waals surface area contributed by atoms with E-state index in [-0.39, 0.29) is 5.97 Å². The number of hydrogen-bond acceptors (Lipinski definition) is 3. The zero-order chi connectivity index (χ0) is 9.84. The van der Waals surface area contributed by atoms with Crippen molar-refractivity contribution in [3.8, 4) is 11.5 Å². The molecule has 0 N–H and O–H groups in total. The van der Waals surface area contributed by atoms with Crippen LogP contribution in [0.25, 0.3) is 0 Å². The van der Waals surface area contributed by atoms with Crippen molar-refractivity contribution in [2.24, 2.45) is 0 Å². The third-order valence-electron chi connectivity index (χ3n) is 1.63. The van der Waals surface area contributed by atoms with E-state index in [2.05, 4.69) is 0 Å². The Bertz CT molecular complexity index is 323. The van der Waals surface area contributed by atoms with Crippen molar-refractivity contribution in [1.82, 2.24) is 0 Å². The van der Waals surface area contributed by atoms with Gasteiger partial charge in [-0.25, -0.2) is 0 Å². The second-order valence-corrected chi connectivity index (χ2v) is 2.73. The van der Waals surface area contributed by atoms with E-state index in [4.69, 9.17) is 9.47 Å². The molecule has 68 valence electrons. The third-order valence-corrected chi connectivity index (χ3v) is 1.63. The lowest BCUT2D eigenvalue weighted by Crippen LogP contribution is -2.09. The van der Waals surface area contributed by atoms with E-state index in [0.717, 1.165) is 11.2 Å². The van der Waals surface area contributed by atoms with Crippen LogP contribution in [-0.4, -0.2) is 20.9 Å². The molecule has 0 fully saturated rings. The lowest BCUT2D eigenvalue weighted by molar-refractivity contribution is -0.131. The van der Waals surface area contributed by atoms with E-state index >= 15 is 0 Å². The number of carbonyl (C=O) groups excluding carboxylic acids is 1. The summed E-state index contributed by atoms with van der Waals surface area (Å²) in [5.41, 5.74) is 0.946. The van der Waals surface area contributed by atoms with Gasteiger partial charge < -0.3 is 9.47 Å². The SMILES string of the molecule is Bc1cc(OC(C)=O)ccc1OC. The Morgan fingerprint density at radius 1 is 1.46 bits per heavy atom. The zero-order valence-corrected chi connectivity index (χ0v) is 7.96. The van der Waals surface area contributed by atoms with Crippen LogP contribution in [0.4, 0.5) is 0 Å². The molecule has 1 rings (SSSR count). The maximum absolute atomic E-state index is 10.6. The molecular weight excluding hydrogens is 167 g/mol. The molecule has 0 unspecified atom stereocenters. The molecule has 1 aromatic rings. The summed E-state index contributed by atoms with van der Waals surface area (Å²) in [6.07, 6.45) is 0. The molecule has 0 aromatic heterocycles. The molecule has 0 atom stereocenters. The van der Waals surface area contributed by atoms with Gasteiger partial charge in [0.25, 0.3) is 0 Å². The fourth-order valence-electron chi connectivity index (χ4n) is 1.08. The van der Waals surface area contributed by atoms with Crippen LogP contribution in [0.3, 0.4) is 0 Å². The average Bonchev–Trinajstić information content (AvgIpc) is 2.03. The lowest BCUT2D eigenvalue weighted by atomic mass is 9.95. The van der Waals surface area contributed by atoms with Crippen molar-refractivity contribution in [3.63, 3.8) is 0 Å². The number of carbonyl (C=O) groups is 1. The number of ether oxygens (including phenoxy) is 2. The summed E-state index contributed by atoms with van der Waals surface area (Å²) in [4.78, 5) is 10.6. The van der Waals surface area contributed by atoms with E-state index in [1.165, 1.54) is 6.92 Å². The van der Waals surface area contributed by atoms with Crippen LogP contribution in [0.5, 0.6) is 11.5 Å². The molecule has 3 nitrogen and oxygen atoms in total. The third kappa shape index (κ3) is 2.51. The maximum atomic E-state index is 10.6. The van der Waals surface area contributed by atoms with Gasteiger partial charge in [0.1, 0.15) is 19.3 Å². The minimum atomic E-state index is -0.315. The van der Waals surface area contributed by atoms with Gasteiger partial charge in [0, 0.05) is 6.92 Å². The van der Waals surface area contributed by atoms with Gasteiger partial charge in [-0.15, -0.1) is 0 Å². The monoisotopic (exact) mass is 178 g/mol. The summed E-state index contributed by atoms with van der Waals surface area (Å²) in [7, 11) is 3.50. The minimum absolute atomic E-state index is 0.315. The quantitative estimate of drug-likeness (QED) is 0.359. The second kappa shape index (κ2) is 3.98. The predicted octanol–water partition coefficient (Wildman–Crippen LogP) is -0.121. The highest BCUT2D eigenvalue weighted by molar-refractivity contribution is 6.34. The maximum Gasteiger partial charge on any atom is 0.308 e. The van der Waals surface area contributed by atoms with Crippen LogP contribution in [0.15, 0.2) is 18.2 Å². The smallest absolute Gasteiger partial charge is 0.308 e. The number of hydrogen-bond donors (Lipinski definition) is 0. The largest absolute Gasteiger partial charge is 0.497 e. The number of benzene rings is 1. The Morgan fingerprint density at radius 2 is 2.15 bits per heavy atom. The fraction of sp³-hybridized carbons (Fsp3) is 0.222. The topological polar surface area (TPSA) is 35.5 Å². The van der Waals surface area contributed by atoms with Gasteiger partial charge in [-0.1, -0.05) is 0 Å². The van der Waals surface area contributed by atoms with Crippen LogP contribution >= 0.6 is 0 Å². The van der Waals surface area contributed by atoms with Crippen molar-refractivity contribution in [2.75, 3.05) is 7.11 Å². The molecule has 0 heterocycles. The highest BCUT2D eigenvalue weighted by Crippen LogP contribution is 2.14. The lowest BCUT2D eigenvalue weighted by Gasteiger charge is -2.06. The molecule has 0 radical (unpaired) electrons. The average molecular weight is 178 g/mol. The highest BCUT2D eigenvalue weighted by atomic mass is 16.5. The number of rotatable bonds is 2. The Morgan fingerprint density at radius 3 is 2.62 bits per heavy atom. The fourth-order valence-corrected chi connectivity index (χ4v) is 1.08. The van der Waals surface area contributed by atoms with Crippen molar-refractivity contribution in [3.05, 3.63) is 18.2 Å². The van der Waals surface area contributed by atoms with Crippen molar-refractivity contribution < 1.29 is 14.3 Å². The Labute approximate surface area is 78.1 Å². The molecule has 0 aliphatic rings. The minimum Gasteiger partial charge on any atom is -0.497 e. The van der Waals surface area contributed by atoms with E-state index in [0.29, 0.717) is 5.75 Å². The van der Waals surface area contributed by atoms with Gasteiger partial charge in [-0.2, -0.15) is 0 Å². The first kappa shape index (κ1) is 9.64. The van der Waals surface area contributed by atoms with Crippen LogP contribution in [0.1, 0.15) is 6.92 Å². The standard InChI is InChI=1S/C9H11BO3/c1-6(11)13-7-3-4-9(12-2)8(10)5-7/h3-5H,10H2,1-2H3. The van der Waals surface area contributed by atoms with Gasteiger partial charge in [-0.05, 0) is 23.7 Å². The summed E-state index contributed by atoms with van der Waals surface area (Å²) < 4.78 is 9.96. The molecule has 0 amide bonds. The Hall–Kier alpha value is -1.45. The Balaban J connectivity index is 2.89. The second-order valence-electron chi connectivity index (χ2n) is 2.73. The summed E-state index contributed by atoms with van der Waals surface area (Å²) in [5.74, 6) is 1.02. The van der Waals surface area contributed by atoms with E-state index in [1.54, 1.807) is 25.3 Å². The van der Waals surface area contributed by atoms with Crippen LogP contribution in [-0.2, 0) is 4.79 Å². The molecular formula is C9H11BO3. The molecule has 4 heteroatoms. The molecule has 1 aromatic carbocycles. The van der Waals surface area contributed by atoms with Gasteiger partial charge in [0.2, 0.25) is 0 Å². The Kier molecular flexibility index (Phi) is 2.95. The molecule has 0 spiro atoms. The van der Waals surface area contributed by atoms with Crippen molar-refractivity contribution >= 4 is 19.3 Å². The first-order valence-electron chi connectivity index (χ1n) is 3.96. The zero-order valence-electron chi connectivity index (χ0n) is 7.96. The summed E-state index contributed by atoms with van der Waals surface area (Å²) in [6.45, 7) is 1.37. The van der Waals surface area contributed by atoms with Gasteiger partial charge in [0.05, 0.1) is 7.11 Å².